The fourth-order valence-electron chi connectivity index (χ4n) is 3.28. The molecule has 1 saturated heterocycles. The van der Waals surface area contributed by atoms with Crippen LogP contribution in [0.25, 0.3) is 0 Å². The molecule has 2 unspecified atom stereocenters. The summed E-state index contributed by atoms with van der Waals surface area (Å²) in [5, 5.41) is 3.35. The summed E-state index contributed by atoms with van der Waals surface area (Å²) >= 11 is 0. The first-order valence-corrected chi connectivity index (χ1v) is 7.69. The largest absolute Gasteiger partial charge is 0.481 e. The van der Waals surface area contributed by atoms with Crippen LogP contribution in [-0.4, -0.2) is 43.7 Å². The van der Waals surface area contributed by atoms with Crippen molar-refractivity contribution in [3.05, 3.63) is 23.9 Å². The molecule has 1 aromatic heterocycles. The molecule has 112 valence electrons. The van der Waals surface area contributed by atoms with E-state index in [0.29, 0.717) is 17.8 Å². The average Bonchev–Trinajstić information content (AvgIpc) is 2.69. The lowest BCUT2D eigenvalue weighted by molar-refractivity contribution is 0.158. The highest BCUT2D eigenvalue weighted by Crippen LogP contribution is 2.34. The molecule has 2 heterocycles. The highest BCUT2D eigenvalue weighted by molar-refractivity contribution is 5.19. The highest BCUT2D eigenvalue weighted by atomic mass is 16.5. The monoisotopic (exact) mass is 277 g/mol. The summed E-state index contributed by atoms with van der Waals surface area (Å²) in [6, 6.07) is 6.51. The Balaban J connectivity index is 2.32. The first kappa shape index (κ1) is 15.3. The Bertz CT molecular complexity index is 410. The minimum atomic E-state index is 0.394. The van der Waals surface area contributed by atoms with Gasteiger partial charge in [-0.1, -0.05) is 19.4 Å². The van der Waals surface area contributed by atoms with Gasteiger partial charge in [0.25, 0.3) is 0 Å². The number of rotatable bonds is 5. The lowest BCUT2D eigenvalue weighted by atomic mass is 9.91. The molecule has 2 atom stereocenters. The van der Waals surface area contributed by atoms with Crippen molar-refractivity contribution in [2.75, 3.05) is 33.8 Å². The summed E-state index contributed by atoms with van der Waals surface area (Å²) < 4.78 is 5.30. The van der Waals surface area contributed by atoms with Gasteiger partial charge in [-0.05, 0) is 51.5 Å². The number of hydrogen-bond acceptors (Lipinski definition) is 4. The summed E-state index contributed by atoms with van der Waals surface area (Å²) in [5.74, 6) is 1.33. The summed E-state index contributed by atoms with van der Waals surface area (Å²) in [7, 11) is 3.72. The zero-order valence-electron chi connectivity index (χ0n) is 12.9. The highest BCUT2D eigenvalue weighted by Gasteiger charge is 2.31. The van der Waals surface area contributed by atoms with Crippen molar-refractivity contribution in [3.63, 3.8) is 0 Å². The van der Waals surface area contributed by atoms with Gasteiger partial charge >= 0.3 is 0 Å². The number of nitrogens with one attached hydrogen (secondary N) is 1. The molecular formula is C16H27N3O. The number of likely N-dealkylation sites (tertiary alicyclic amines) is 1. The Morgan fingerprint density at radius 3 is 2.95 bits per heavy atom. The van der Waals surface area contributed by atoms with Gasteiger partial charge in [0.15, 0.2) is 0 Å². The molecule has 0 amide bonds. The number of ether oxygens (including phenoxy) is 1. The Kier molecular flexibility index (Phi) is 5.80. The van der Waals surface area contributed by atoms with E-state index in [4.69, 9.17) is 9.72 Å². The fraction of sp³-hybridized carbons (Fsp3) is 0.688. The molecule has 1 N–H and O–H groups in total. The molecule has 0 aliphatic carbocycles. The third-order valence-electron chi connectivity index (χ3n) is 4.24. The maximum atomic E-state index is 5.30. The van der Waals surface area contributed by atoms with E-state index in [2.05, 4.69) is 29.3 Å². The topological polar surface area (TPSA) is 37.4 Å². The molecule has 0 radical (unpaired) electrons. The maximum absolute atomic E-state index is 5.30. The Morgan fingerprint density at radius 1 is 1.40 bits per heavy atom. The van der Waals surface area contributed by atoms with Crippen molar-refractivity contribution in [3.8, 4) is 5.88 Å². The minimum absolute atomic E-state index is 0.394. The standard InChI is InChI=1S/C16H27N3O/c1-4-19-11-6-5-8-13(12-17-2)16(19)14-9-7-10-15(18-14)20-3/h7,9-10,13,16-17H,4-6,8,11-12H2,1-3H3. The van der Waals surface area contributed by atoms with E-state index in [9.17, 15) is 0 Å². The van der Waals surface area contributed by atoms with Gasteiger partial charge in [-0.25, -0.2) is 4.98 Å². The third kappa shape index (κ3) is 3.49. The lowest BCUT2D eigenvalue weighted by Gasteiger charge is -2.34. The van der Waals surface area contributed by atoms with E-state index in [-0.39, 0.29) is 0 Å². The van der Waals surface area contributed by atoms with Crippen LogP contribution in [0, 0.1) is 5.92 Å². The van der Waals surface area contributed by atoms with Gasteiger partial charge in [-0.2, -0.15) is 0 Å². The fourth-order valence-corrected chi connectivity index (χ4v) is 3.28. The third-order valence-corrected chi connectivity index (χ3v) is 4.24. The smallest absolute Gasteiger partial charge is 0.213 e. The summed E-state index contributed by atoms with van der Waals surface area (Å²) in [4.78, 5) is 7.26. The molecule has 0 saturated carbocycles. The van der Waals surface area contributed by atoms with Crippen LogP contribution >= 0.6 is 0 Å². The number of pyridine rings is 1. The van der Waals surface area contributed by atoms with Gasteiger partial charge in [0.05, 0.1) is 18.8 Å². The number of aromatic nitrogens is 1. The van der Waals surface area contributed by atoms with Crippen molar-refractivity contribution in [1.82, 2.24) is 15.2 Å². The van der Waals surface area contributed by atoms with Crippen LogP contribution in [0.4, 0.5) is 0 Å². The predicted octanol–water partition coefficient (Wildman–Crippen LogP) is 2.47. The molecule has 1 aliphatic rings. The van der Waals surface area contributed by atoms with Crippen LogP contribution in [0.15, 0.2) is 18.2 Å². The first-order chi connectivity index (χ1) is 9.80. The lowest BCUT2D eigenvalue weighted by Crippen LogP contribution is -2.36. The van der Waals surface area contributed by atoms with Crippen molar-refractivity contribution in [2.24, 2.45) is 5.92 Å². The molecule has 1 fully saturated rings. The van der Waals surface area contributed by atoms with E-state index in [1.165, 1.54) is 25.8 Å². The van der Waals surface area contributed by atoms with E-state index < -0.39 is 0 Å². The normalized spacial score (nSPS) is 24.4. The Hall–Kier alpha value is -1.13. The quantitative estimate of drug-likeness (QED) is 0.897. The summed E-state index contributed by atoms with van der Waals surface area (Å²) in [6.07, 6.45) is 3.86. The van der Waals surface area contributed by atoms with E-state index in [0.717, 1.165) is 18.8 Å². The molecule has 0 aromatic carbocycles. The van der Waals surface area contributed by atoms with Gasteiger partial charge in [0.2, 0.25) is 5.88 Å². The number of methoxy groups -OCH3 is 1. The molecule has 1 aromatic rings. The van der Waals surface area contributed by atoms with Gasteiger partial charge in [-0.3, -0.25) is 4.90 Å². The Labute approximate surface area is 122 Å². The van der Waals surface area contributed by atoms with Crippen molar-refractivity contribution in [1.29, 1.82) is 0 Å². The molecule has 1 aliphatic heterocycles. The van der Waals surface area contributed by atoms with Crippen LogP contribution in [-0.2, 0) is 0 Å². The zero-order chi connectivity index (χ0) is 14.4. The van der Waals surface area contributed by atoms with Gasteiger partial charge in [-0.15, -0.1) is 0 Å². The molecule has 20 heavy (non-hydrogen) atoms. The predicted molar refractivity (Wildman–Crippen MR) is 82.0 cm³/mol. The maximum Gasteiger partial charge on any atom is 0.213 e. The molecular weight excluding hydrogens is 250 g/mol. The molecule has 0 spiro atoms. The van der Waals surface area contributed by atoms with Crippen LogP contribution in [0.5, 0.6) is 5.88 Å². The first-order valence-electron chi connectivity index (χ1n) is 7.69. The summed E-state index contributed by atoms with van der Waals surface area (Å²) in [6.45, 7) is 5.53. The molecule has 0 bridgehead atoms. The van der Waals surface area contributed by atoms with Gasteiger partial charge in [0, 0.05) is 6.07 Å². The molecule has 2 rings (SSSR count). The van der Waals surface area contributed by atoms with Crippen molar-refractivity contribution >= 4 is 0 Å². The average molecular weight is 277 g/mol. The summed E-state index contributed by atoms with van der Waals surface area (Å²) in [5.41, 5.74) is 1.15. The van der Waals surface area contributed by atoms with Gasteiger partial charge < -0.3 is 10.1 Å². The zero-order valence-corrected chi connectivity index (χ0v) is 12.9. The number of nitrogens with zero attached hydrogens (tertiary/aromatic N) is 2. The second-order valence-corrected chi connectivity index (χ2v) is 5.49. The van der Waals surface area contributed by atoms with Crippen LogP contribution in [0.2, 0.25) is 0 Å². The van der Waals surface area contributed by atoms with E-state index in [1.807, 2.05) is 13.1 Å². The van der Waals surface area contributed by atoms with Gasteiger partial charge in [0.1, 0.15) is 0 Å². The molecule has 4 heteroatoms. The van der Waals surface area contributed by atoms with E-state index in [1.54, 1.807) is 7.11 Å². The SMILES string of the molecule is CCN1CCCCC(CNC)C1c1cccc(OC)n1. The van der Waals surface area contributed by atoms with Crippen LogP contribution in [0.1, 0.15) is 37.9 Å². The second kappa shape index (κ2) is 7.60. The molecule has 4 nitrogen and oxygen atoms in total. The van der Waals surface area contributed by atoms with Crippen LogP contribution < -0.4 is 10.1 Å². The Morgan fingerprint density at radius 2 is 2.25 bits per heavy atom. The van der Waals surface area contributed by atoms with Crippen molar-refractivity contribution < 1.29 is 4.74 Å². The van der Waals surface area contributed by atoms with Crippen LogP contribution in [0.3, 0.4) is 0 Å². The van der Waals surface area contributed by atoms with Crippen molar-refractivity contribution in [2.45, 2.75) is 32.2 Å². The van der Waals surface area contributed by atoms with E-state index >= 15 is 0 Å². The number of hydrogen-bond donors (Lipinski definition) is 1. The minimum Gasteiger partial charge on any atom is -0.481 e. The second-order valence-electron chi connectivity index (χ2n) is 5.49.